The maximum Gasteiger partial charge on any atom is 0.255 e. The van der Waals surface area contributed by atoms with Gasteiger partial charge in [-0.3, -0.25) is 9.59 Å². The molecule has 2 heterocycles. The standard InChI is InChI=1S/C18H16N2O3/c1-23-15-8-3-2-5-12(15)17-19-18(22)13-7-4-6-11-14(21)9-10-20(17)16(11)13/h2-8,17H,9-10H2,1H3,(H,19,22). The van der Waals surface area contributed by atoms with Gasteiger partial charge >= 0.3 is 0 Å². The van der Waals surface area contributed by atoms with E-state index in [9.17, 15) is 9.59 Å². The number of carbonyl (C=O) groups is 2. The number of ether oxygens (including phenoxy) is 1. The van der Waals surface area contributed by atoms with Gasteiger partial charge in [-0.2, -0.15) is 0 Å². The number of hydrogen-bond donors (Lipinski definition) is 1. The zero-order valence-electron chi connectivity index (χ0n) is 12.7. The summed E-state index contributed by atoms with van der Waals surface area (Å²) in [6.07, 6.45) is 0.109. The Bertz CT molecular complexity index is 801. The number of benzene rings is 2. The zero-order chi connectivity index (χ0) is 16.0. The highest BCUT2D eigenvalue weighted by molar-refractivity contribution is 6.11. The van der Waals surface area contributed by atoms with Crippen LogP contribution < -0.4 is 15.0 Å². The van der Waals surface area contributed by atoms with Crippen LogP contribution >= 0.6 is 0 Å². The number of Topliss-reactive ketones (excluding diaryl/α,β-unsaturated/α-hetero) is 1. The summed E-state index contributed by atoms with van der Waals surface area (Å²) >= 11 is 0. The summed E-state index contributed by atoms with van der Waals surface area (Å²) < 4.78 is 5.44. The molecule has 1 atom stereocenters. The summed E-state index contributed by atoms with van der Waals surface area (Å²) in [5, 5.41) is 3.04. The summed E-state index contributed by atoms with van der Waals surface area (Å²) in [6.45, 7) is 0.575. The van der Waals surface area contributed by atoms with Crippen LogP contribution in [0.2, 0.25) is 0 Å². The van der Waals surface area contributed by atoms with E-state index in [1.54, 1.807) is 25.3 Å². The Balaban J connectivity index is 1.90. The van der Waals surface area contributed by atoms with Crippen LogP contribution in [0.5, 0.6) is 5.75 Å². The molecule has 1 amide bonds. The van der Waals surface area contributed by atoms with Gasteiger partial charge in [-0.15, -0.1) is 0 Å². The fourth-order valence-corrected chi connectivity index (χ4v) is 3.41. The van der Waals surface area contributed by atoms with Crippen LogP contribution in [0.3, 0.4) is 0 Å². The van der Waals surface area contributed by atoms with Crippen molar-refractivity contribution in [1.82, 2.24) is 5.32 Å². The fourth-order valence-electron chi connectivity index (χ4n) is 3.41. The average Bonchev–Trinajstić information content (AvgIpc) is 2.60. The lowest BCUT2D eigenvalue weighted by atomic mass is 9.92. The topological polar surface area (TPSA) is 58.6 Å². The molecule has 0 spiro atoms. The first-order valence-electron chi connectivity index (χ1n) is 7.57. The molecule has 2 aliphatic heterocycles. The van der Waals surface area contributed by atoms with Gasteiger partial charge < -0.3 is 15.0 Å². The molecule has 0 saturated carbocycles. The third-order valence-electron chi connectivity index (χ3n) is 4.46. The molecule has 0 aliphatic carbocycles. The SMILES string of the molecule is COc1ccccc1C1NC(=O)c2cccc3c2N1CCC3=O. The quantitative estimate of drug-likeness (QED) is 0.926. The van der Waals surface area contributed by atoms with Crippen LogP contribution in [0.4, 0.5) is 5.69 Å². The zero-order valence-corrected chi connectivity index (χ0v) is 12.7. The normalized spacial score (nSPS) is 19.2. The minimum Gasteiger partial charge on any atom is -0.496 e. The van der Waals surface area contributed by atoms with Gasteiger partial charge in [-0.05, 0) is 18.2 Å². The molecule has 1 N–H and O–H groups in total. The summed E-state index contributed by atoms with van der Waals surface area (Å²) in [5.41, 5.74) is 2.81. The van der Waals surface area contributed by atoms with Gasteiger partial charge in [-0.1, -0.05) is 24.3 Å². The van der Waals surface area contributed by atoms with E-state index in [4.69, 9.17) is 4.74 Å². The van der Waals surface area contributed by atoms with Crippen molar-refractivity contribution in [2.45, 2.75) is 12.6 Å². The van der Waals surface area contributed by atoms with Crippen molar-refractivity contribution in [3.05, 3.63) is 59.2 Å². The van der Waals surface area contributed by atoms with E-state index in [0.717, 1.165) is 17.0 Å². The highest BCUT2D eigenvalue weighted by Gasteiger charge is 2.38. The van der Waals surface area contributed by atoms with Crippen molar-refractivity contribution in [1.29, 1.82) is 0 Å². The number of methoxy groups -OCH3 is 1. The minimum absolute atomic E-state index is 0.0894. The van der Waals surface area contributed by atoms with Gasteiger partial charge in [0.15, 0.2) is 5.78 Å². The minimum atomic E-state index is -0.333. The number of rotatable bonds is 2. The number of carbonyl (C=O) groups excluding carboxylic acids is 2. The van der Waals surface area contributed by atoms with E-state index < -0.39 is 0 Å². The summed E-state index contributed by atoms with van der Waals surface area (Å²) in [6, 6.07) is 12.9. The lowest BCUT2D eigenvalue weighted by Crippen LogP contribution is -2.49. The predicted octanol–water partition coefficient (Wildman–Crippen LogP) is 2.53. The first kappa shape index (κ1) is 13.8. The molecule has 23 heavy (non-hydrogen) atoms. The van der Waals surface area contributed by atoms with Gasteiger partial charge in [0.25, 0.3) is 5.91 Å². The molecule has 2 aromatic rings. The highest BCUT2D eigenvalue weighted by Crippen LogP contribution is 2.40. The molecule has 0 radical (unpaired) electrons. The van der Waals surface area contributed by atoms with E-state index in [1.807, 2.05) is 24.3 Å². The Morgan fingerprint density at radius 3 is 2.70 bits per heavy atom. The Morgan fingerprint density at radius 2 is 1.87 bits per heavy atom. The Kier molecular flexibility index (Phi) is 3.08. The van der Waals surface area contributed by atoms with Crippen LogP contribution in [0.1, 0.15) is 38.9 Å². The number of amides is 1. The monoisotopic (exact) mass is 308 g/mol. The second-order valence-electron chi connectivity index (χ2n) is 5.69. The average molecular weight is 308 g/mol. The van der Waals surface area contributed by atoms with E-state index in [-0.39, 0.29) is 17.9 Å². The maximum absolute atomic E-state index is 12.5. The molecule has 0 bridgehead atoms. The van der Waals surface area contributed by atoms with Gasteiger partial charge in [0.1, 0.15) is 11.9 Å². The smallest absolute Gasteiger partial charge is 0.255 e. The van der Waals surface area contributed by atoms with E-state index in [2.05, 4.69) is 10.2 Å². The maximum atomic E-state index is 12.5. The number of nitrogens with zero attached hydrogens (tertiary/aromatic N) is 1. The van der Waals surface area contributed by atoms with Gasteiger partial charge in [0.05, 0.1) is 18.4 Å². The molecule has 4 rings (SSSR count). The van der Waals surface area contributed by atoms with Crippen molar-refractivity contribution in [2.24, 2.45) is 0 Å². The number of anilines is 1. The molecular formula is C18H16N2O3. The van der Waals surface area contributed by atoms with Crippen molar-refractivity contribution in [2.75, 3.05) is 18.6 Å². The molecule has 5 heteroatoms. The van der Waals surface area contributed by atoms with E-state index in [0.29, 0.717) is 24.1 Å². The van der Waals surface area contributed by atoms with Crippen molar-refractivity contribution in [3.8, 4) is 5.75 Å². The highest BCUT2D eigenvalue weighted by atomic mass is 16.5. The molecule has 0 aromatic heterocycles. The molecule has 0 saturated heterocycles. The summed E-state index contributed by atoms with van der Waals surface area (Å²) in [4.78, 5) is 26.8. The van der Waals surface area contributed by atoms with Gasteiger partial charge in [0, 0.05) is 24.1 Å². The first-order chi connectivity index (χ1) is 11.2. The Hall–Kier alpha value is -2.82. The largest absolute Gasteiger partial charge is 0.496 e. The first-order valence-corrected chi connectivity index (χ1v) is 7.57. The van der Waals surface area contributed by atoms with Gasteiger partial charge in [-0.25, -0.2) is 0 Å². The number of nitrogens with one attached hydrogen (secondary N) is 1. The third-order valence-corrected chi connectivity index (χ3v) is 4.46. The van der Waals surface area contributed by atoms with Crippen molar-refractivity contribution < 1.29 is 14.3 Å². The molecule has 2 aliphatic rings. The molecule has 5 nitrogen and oxygen atoms in total. The molecule has 1 unspecified atom stereocenters. The van der Waals surface area contributed by atoms with Crippen molar-refractivity contribution >= 4 is 17.4 Å². The summed E-state index contributed by atoms with van der Waals surface area (Å²) in [5.74, 6) is 0.644. The third kappa shape index (κ3) is 2.00. The van der Waals surface area contributed by atoms with Crippen LogP contribution in [0.25, 0.3) is 0 Å². The van der Waals surface area contributed by atoms with Gasteiger partial charge in [0.2, 0.25) is 0 Å². The number of para-hydroxylation sites is 2. The molecule has 116 valence electrons. The van der Waals surface area contributed by atoms with E-state index >= 15 is 0 Å². The lowest BCUT2D eigenvalue weighted by Gasteiger charge is -2.42. The van der Waals surface area contributed by atoms with Crippen LogP contribution in [-0.4, -0.2) is 25.3 Å². The Labute approximate surface area is 133 Å². The second kappa shape index (κ2) is 5.12. The fraction of sp³-hybridized carbons (Fsp3) is 0.222. The van der Waals surface area contributed by atoms with Crippen molar-refractivity contribution in [3.63, 3.8) is 0 Å². The van der Waals surface area contributed by atoms with Crippen LogP contribution in [0.15, 0.2) is 42.5 Å². The molecular weight excluding hydrogens is 292 g/mol. The summed E-state index contributed by atoms with van der Waals surface area (Å²) in [7, 11) is 1.61. The number of ketones is 1. The van der Waals surface area contributed by atoms with Crippen LogP contribution in [0, 0.1) is 0 Å². The lowest BCUT2D eigenvalue weighted by molar-refractivity contribution is 0.0920. The Morgan fingerprint density at radius 1 is 1.09 bits per heavy atom. The molecule has 2 aromatic carbocycles. The van der Waals surface area contributed by atoms with Crippen LogP contribution in [-0.2, 0) is 0 Å². The number of hydrogen-bond acceptors (Lipinski definition) is 4. The molecule has 0 fully saturated rings. The second-order valence-corrected chi connectivity index (χ2v) is 5.69. The van der Waals surface area contributed by atoms with E-state index in [1.165, 1.54) is 0 Å². The predicted molar refractivity (Wildman–Crippen MR) is 85.9 cm³/mol.